The molecule has 0 spiro atoms. The maximum Gasteiger partial charge on any atom is 0.227 e. The van der Waals surface area contributed by atoms with Crippen molar-refractivity contribution in [3.63, 3.8) is 0 Å². The monoisotopic (exact) mass is 348 g/mol. The summed E-state index contributed by atoms with van der Waals surface area (Å²) in [5.74, 6) is 1.52. The van der Waals surface area contributed by atoms with E-state index in [-0.39, 0.29) is 17.7 Å². The number of aryl methyl sites for hydroxylation is 1. The van der Waals surface area contributed by atoms with Crippen molar-refractivity contribution in [2.24, 2.45) is 5.92 Å². The molecule has 25 heavy (non-hydrogen) atoms. The summed E-state index contributed by atoms with van der Waals surface area (Å²) in [5.41, 5.74) is 1.93. The minimum absolute atomic E-state index is 0.00309. The van der Waals surface area contributed by atoms with Crippen LogP contribution in [-0.4, -0.2) is 62.0 Å². The van der Waals surface area contributed by atoms with Crippen LogP contribution < -0.4 is 9.47 Å². The van der Waals surface area contributed by atoms with E-state index in [1.807, 2.05) is 42.7 Å². The predicted molar refractivity (Wildman–Crippen MR) is 96.0 cm³/mol. The van der Waals surface area contributed by atoms with Gasteiger partial charge in [-0.15, -0.1) is 0 Å². The lowest BCUT2D eigenvalue weighted by Gasteiger charge is -2.35. The molecule has 0 atom stereocenters. The Morgan fingerprint density at radius 1 is 1.00 bits per heavy atom. The minimum Gasteiger partial charge on any atom is -0.493 e. The molecular formula is C19H28N2O4. The third kappa shape index (κ3) is 4.44. The van der Waals surface area contributed by atoms with Crippen LogP contribution in [0.2, 0.25) is 0 Å². The highest BCUT2D eigenvalue weighted by Crippen LogP contribution is 2.30. The standard InChI is InChI=1S/C19H28N2O4/c1-13(2)19(23)21-8-6-20(7-9-21)18(22)12-15-11-17(25-5)16(24-4)10-14(15)3/h10-11,13H,6-9,12H2,1-5H3. The third-order valence-electron chi connectivity index (χ3n) is 4.62. The van der Waals surface area contributed by atoms with Crippen LogP contribution in [0.3, 0.4) is 0 Å². The molecular weight excluding hydrogens is 320 g/mol. The lowest BCUT2D eigenvalue weighted by atomic mass is 10.0. The smallest absolute Gasteiger partial charge is 0.227 e. The number of hydrogen-bond acceptors (Lipinski definition) is 4. The van der Waals surface area contributed by atoms with Gasteiger partial charge in [-0.2, -0.15) is 0 Å². The molecule has 6 nitrogen and oxygen atoms in total. The van der Waals surface area contributed by atoms with E-state index in [0.717, 1.165) is 11.1 Å². The molecule has 0 aromatic heterocycles. The van der Waals surface area contributed by atoms with Crippen molar-refractivity contribution in [3.8, 4) is 11.5 Å². The first kappa shape index (κ1) is 19.1. The van der Waals surface area contributed by atoms with Crippen LogP contribution in [0.4, 0.5) is 0 Å². The van der Waals surface area contributed by atoms with E-state index in [1.54, 1.807) is 14.2 Å². The van der Waals surface area contributed by atoms with Gasteiger partial charge in [0.15, 0.2) is 11.5 Å². The van der Waals surface area contributed by atoms with Crippen molar-refractivity contribution in [1.82, 2.24) is 9.80 Å². The second kappa shape index (κ2) is 8.23. The number of nitrogens with zero attached hydrogens (tertiary/aromatic N) is 2. The average Bonchev–Trinajstić information content (AvgIpc) is 2.62. The Morgan fingerprint density at radius 2 is 1.52 bits per heavy atom. The SMILES string of the molecule is COc1cc(C)c(CC(=O)N2CCN(C(=O)C(C)C)CC2)cc1OC. The molecule has 1 aliphatic heterocycles. The van der Waals surface area contributed by atoms with E-state index in [2.05, 4.69) is 0 Å². The molecule has 1 saturated heterocycles. The molecule has 1 aromatic rings. The molecule has 2 rings (SSSR count). The number of carbonyl (C=O) groups excluding carboxylic acids is 2. The largest absolute Gasteiger partial charge is 0.493 e. The van der Waals surface area contributed by atoms with Crippen molar-refractivity contribution in [2.45, 2.75) is 27.2 Å². The van der Waals surface area contributed by atoms with Crippen molar-refractivity contribution >= 4 is 11.8 Å². The van der Waals surface area contributed by atoms with Crippen LogP contribution >= 0.6 is 0 Å². The Hall–Kier alpha value is -2.24. The van der Waals surface area contributed by atoms with Crippen LogP contribution in [0.1, 0.15) is 25.0 Å². The number of hydrogen-bond donors (Lipinski definition) is 0. The Labute approximate surface area is 149 Å². The number of amides is 2. The molecule has 0 saturated carbocycles. The molecule has 1 aromatic carbocycles. The fraction of sp³-hybridized carbons (Fsp3) is 0.579. The maximum atomic E-state index is 12.6. The summed E-state index contributed by atoms with van der Waals surface area (Å²) in [6, 6.07) is 3.76. The summed E-state index contributed by atoms with van der Waals surface area (Å²) in [6.45, 7) is 8.15. The van der Waals surface area contributed by atoms with Gasteiger partial charge >= 0.3 is 0 Å². The Bertz CT molecular complexity index is 635. The van der Waals surface area contributed by atoms with Gasteiger partial charge in [-0.25, -0.2) is 0 Å². The molecule has 6 heteroatoms. The Morgan fingerprint density at radius 3 is 2.04 bits per heavy atom. The van der Waals surface area contributed by atoms with Gasteiger partial charge in [-0.3, -0.25) is 9.59 Å². The molecule has 0 unspecified atom stereocenters. The molecule has 0 N–H and O–H groups in total. The van der Waals surface area contributed by atoms with Gasteiger partial charge in [-0.05, 0) is 30.2 Å². The quantitative estimate of drug-likeness (QED) is 0.815. The zero-order chi connectivity index (χ0) is 18.6. The maximum absolute atomic E-state index is 12.6. The second-order valence-corrected chi connectivity index (χ2v) is 6.67. The van der Waals surface area contributed by atoms with Gasteiger partial charge in [0, 0.05) is 32.1 Å². The first-order valence-electron chi connectivity index (χ1n) is 8.65. The van der Waals surface area contributed by atoms with Crippen LogP contribution in [0, 0.1) is 12.8 Å². The molecule has 2 amide bonds. The van der Waals surface area contributed by atoms with E-state index in [9.17, 15) is 9.59 Å². The van der Waals surface area contributed by atoms with Gasteiger partial charge in [-0.1, -0.05) is 13.8 Å². The molecule has 138 valence electrons. The molecule has 0 radical (unpaired) electrons. The van der Waals surface area contributed by atoms with E-state index in [0.29, 0.717) is 44.1 Å². The number of ether oxygens (including phenoxy) is 2. The molecule has 1 aliphatic rings. The Balaban J connectivity index is 2.00. The summed E-state index contributed by atoms with van der Waals surface area (Å²) < 4.78 is 10.6. The normalized spacial score (nSPS) is 14.6. The lowest BCUT2D eigenvalue weighted by Crippen LogP contribution is -2.51. The highest BCUT2D eigenvalue weighted by molar-refractivity contribution is 5.81. The summed E-state index contributed by atoms with van der Waals surface area (Å²) in [4.78, 5) is 28.3. The lowest BCUT2D eigenvalue weighted by molar-refractivity contribution is -0.141. The van der Waals surface area contributed by atoms with Crippen LogP contribution in [-0.2, 0) is 16.0 Å². The highest BCUT2D eigenvalue weighted by atomic mass is 16.5. The van der Waals surface area contributed by atoms with Gasteiger partial charge in [0.05, 0.1) is 20.6 Å². The first-order chi connectivity index (χ1) is 11.9. The van der Waals surface area contributed by atoms with Crippen molar-refractivity contribution in [1.29, 1.82) is 0 Å². The summed E-state index contributed by atoms with van der Waals surface area (Å²) in [7, 11) is 3.18. The summed E-state index contributed by atoms with van der Waals surface area (Å²) >= 11 is 0. The number of piperazine rings is 1. The van der Waals surface area contributed by atoms with Gasteiger partial charge < -0.3 is 19.3 Å². The average molecular weight is 348 g/mol. The first-order valence-corrected chi connectivity index (χ1v) is 8.65. The Kier molecular flexibility index (Phi) is 6.28. The molecule has 0 aliphatic carbocycles. The summed E-state index contributed by atoms with van der Waals surface area (Å²) in [5, 5.41) is 0. The number of rotatable bonds is 5. The van der Waals surface area contributed by atoms with Gasteiger partial charge in [0.1, 0.15) is 0 Å². The van der Waals surface area contributed by atoms with Crippen LogP contribution in [0.25, 0.3) is 0 Å². The number of benzene rings is 1. The van der Waals surface area contributed by atoms with E-state index in [4.69, 9.17) is 9.47 Å². The van der Waals surface area contributed by atoms with Gasteiger partial charge in [0.2, 0.25) is 11.8 Å². The van der Waals surface area contributed by atoms with Crippen LogP contribution in [0.5, 0.6) is 11.5 Å². The summed E-state index contributed by atoms with van der Waals surface area (Å²) in [6.07, 6.45) is 0.324. The van der Waals surface area contributed by atoms with Gasteiger partial charge in [0.25, 0.3) is 0 Å². The van der Waals surface area contributed by atoms with Crippen molar-refractivity contribution in [2.75, 3.05) is 40.4 Å². The van der Waals surface area contributed by atoms with E-state index >= 15 is 0 Å². The molecule has 1 fully saturated rings. The topological polar surface area (TPSA) is 59.1 Å². The fourth-order valence-electron chi connectivity index (χ4n) is 3.03. The molecule has 0 bridgehead atoms. The zero-order valence-electron chi connectivity index (χ0n) is 15.8. The highest BCUT2D eigenvalue weighted by Gasteiger charge is 2.25. The number of carbonyl (C=O) groups is 2. The fourth-order valence-corrected chi connectivity index (χ4v) is 3.03. The zero-order valence-corrected chi connectivity index (χ0v) is 15.8. The number of methoxy groups -OCH3 is 2. The minimum atomic E-state index is -0.00309. The predicted octanol–water partition coefficient (Wildman–Crippen LogP) is 1.88. The third-order valence-corrected chi connectivity index (χ3v) is 4.62. The van der Waals surface area contributed by atoms with Crippen molar-refractivity contribution in [3.05, 3.63) is 23.3 Å². The second-order valence-electron chi connectivity index (χ2n) is 6.67. The molecule has 1 heterocycles. The van der Waals surface area contributed by atoms with E-state index < -0.39 is 0 Å². The van der Waals surface area contributed by atoms with E-state index in [1.165, 1.54) is 0 Å². The van der Waals surface area contributed by atoms with Crippen molar-refractivity contribution < 1.29 is 19.1 Å². The van der Waals surface area contributed by atoms with Crippen LogP contribution in [0.15, 0.2) is 12.1 Å².